The lowest BCUT2D eigenvalue weighted by atomic mass is 10.0. The van der Waals surface area contributed by atoms with Crippen LogP contribution < -0.4 is 10.2 Å². The third-order valence-electron chi connectivity index (χ3n) is 6.29. The normalized spacial score (nSPS) is 15.9. The van der Waals surface area contributed by atoms with Gasteiger partial charge in [0, 0.05) is 36.1 Å². The van der Waals surface area contributed by atoms with Gasteiger partial charge in [-0.15, -0.1) is 0 Å². The van der Waals surface area contributed by atoms with Crippen LogP contribution in [-0.4, -0.2) is 28.3 Å². The summed E-state index contributed by atoms with van der Waals surface area (Å²) >= 11 is 1.53. The number of carbonyl (C=O) groups excluding carboxylic acids is 2. The van der Waals surface area contributed by atoms with Crippen LogP contribution in [0.1, 0.15) is 23.1 Å². The van der Waals surface area contributed by atoms with Crippen molar-refractivity contribution in [2.75, 3.05) is 16.8 Å². The summed E-state index contributed by atoms with van der Waals surface area (Å²) in [5.41, 5.74) is 6.67. The van der Waals surface area contributed by atoms with E-state index < -0.39 is 5.92 Å². The fraction of sp³-hybridized carbons (Fsp3) is 0.231. The minimum atomic E-state index is -0.395. The predicted molar refractivity (Wildman–Crippen MR) is 133 cm³/mol. The van der Waals surface area contributed by atoms with Crippen LogP contribution in [0.2, 0.25) is 0 Å². The van der Waals surface area contributed by atoms with Crippen molar-refractivity contribution in [2.24, 2.45) is 5.92 Å². The molecule has 0 saturated carbocycles. The minimum absolute atomic E-state index is 0.0224. The summed E-state index contributed by atoms with van der Waals surface area (Å²) in [6, 6.07) is 15.6. The average Bonchev–Trinajstić information content (AvgIpc) is 3.40. The van der Waals surface area contributed by atoms with Gasteiger partial charge < -0.3 is 10.2 Å². The standard InChI is InChI=1S/C26H24N4O2S/c1-15-9-10-19(12-16(15)2)30-14-18(13-23(30)31)24(32)28-21-7-4-6-20(17(21)3)25-29-22-8-5-11-27-26(22)33-25/h4-12,18H,13-14H2,1-3H3,(H,28,32). The lowest BCUT2D eigenvalue weighted by molar-refractivity contribution is -0.122. The molecule has 0 spiro atoms. The number of thiazole rings is 1. The summed E-state index contributed by atoms with van der Waals surface area (Å²) in [6.07, 6.45) is 1.97. The predicted octanol–water partition coefficient (Wildman–Crippen LogP) is 5.28. The van der Waals surface area contributed by atoms with Crippen molar-refractivity contribution in [3.8, 4) is 10.6 Å². The van der Waals surface area contributed by atoms with Crippen LogP contribution in [0, 0.1) is 26.7 Å². The third-order valence-corrected chi connectivity index (χ3v) is 7.30. The molecular weight excluding hydrogens is 432 g/mol. The molecule has 5 rings (SSSR count). The molecule has 0 radical (unpaired) electrons. The number of rotatable bonds is 4. The molecule has 0 bridgehead atoms. The number of fused-ring (bicyclic) bond motifs is 1. The van der Waals surface area contributed by atoms with Gasteiger partial charge in [-0.3, -0.25) is 9.59 Å². The number of nitrogens with one attached hydrogen (secondary N) is 1. The molecule has 1 N–H and O–H groups in total. The summed E-state index contributed by atoms with van der Waals surface area (Å²) in [6.45, 7) is 6.43. The fourth-order valence-electron chi connectivity index (χ4n) is 4.15. The van der Waals surface area contributed by atoms with Crippen molar-refractivity contribution in [3.63, 3.8) is 0 Å². The first-order valence-electron chi connectivity index (χ1n) is 10.9. The molecule has 166 valence electrons. The van der Waals surface area contributed by atoms with Crippen LogP contribution in [0.15, 0.2) is 54.7 Å². The molecule has 1 unspecified atom stereocenters. The van der Waals surface area contributed by atoms with Gasteiger partial charge in [-0.2, -0.15) is 0 Å². The Balaban J connectivity index is 1.35. The average molecular weight is 457 g/mol. The van der Waals surface area contributed by atoms with Crippen LogP contribution in [0.4, 0.5) is 11.4 Å². The first-order chi connectivity index (χ1) is 15.9. The summed E-state index contributed by atoms with van der Waals surface area (Å²) in [5.74, 6) is -0.555. The Kier molecular flexibility index (Phi) is 5.42. The van der Waals surface area contributed by atoms with E-state index in [0.29, 0.717) is 6.54 Å². The van der Waals surface area contributed by atoms with Gasteiger partial charge in [0.2, 0.25) is 11.8 Å². The molecule has 2 aromatic heterocycles. The molecule has 33 heavy (non-hydrogen) atoms. The maximum absolute atomic E-state index is 13.1. The zero-order valence-electron chi connectivity index (χ0n) is 18.8. The van der Waals surface area contributed by atoms with E-state index in [1.165, 1.54) is 16.9 Å². The molecule has 2 amide bonds. The van der Waals surface area contributed by atoms with Gasteiger partial charge >= 0.3 is 0 Å². The quantitative estimate of drug-likeness (QED) is 0.454. The van der Waals surface area contributed by atoms with Gasteiger partial charge in [0.1, 0.15) is 15.4 Å². The Labute approximate surface area is 196 Å². The molecule has 1 saturated heterocycles. The smallest absolute Gasteiger partial charge is 0.229 e. The fourth-order valence-corrected chi connectivity index (χ4v) is 5.14. The van der Waals surface area contributed by atoms with Gasteiger partial charge in [-0.25, -0.2) is 9.97 Å². The Hall–Kier alpha value is -3.58. The number of nitrogens with zero attached hydrogens (tertiary/aromatic N) is 3. The van der Waals surface area contributed by atoms with E-state index in [9.17, 15) is 9.59 Å². The van der Waals surface area contributed by atoms with Crippen molar-refractivity contribution in [1.82, 2.24) is 9.97 Å². The second-order valence-electron chi connectivity index (χ2n) is 8.49. The highest BCUT2D eigenvalue weighted by molar-refractivity contribution is 7.21. The van der Waals surface area contributed by atoms with Gasteiger partial charge in [0.05, 0.1) is 5.92 Å². The minimum Gasteiger partial charge on any atom is -0.326 e. The number of benzene rings is 2. The molecule has 6 nitrogen and oxygen atoms in total. The van der Waals surface area contributed by atoms with Crippen molar-refractivity contribution in [3.05, 3.63) is 71.4 Å². The van der Waals surface area contributed by atoms with Gasteiger partial charge in [-0.1, -0.05) is 29.5 Å². The Morgan fingerprint density at radius 1 is 1.09 bits per heavy atom. The van der Waals surface area contributed by atoms with Crippen molar-refractivity contribution < 1.29 is 9.59 Å². The number of pyridine rings is 1. The van der Waals surface area contributed by atoms with Crippen molar-refractivity contribution in [1.29, 1.82) is 0 Å². The summed E-state index contributed by atoms with van der Waals surface area (Å²) in [7, 11) is 0. The zero-order chi connectivity index (χ0) is 23.1. The number of amides is 2. The molecule has 1 aliphatic rings. The lowest BCUT2D eigenvalue weighted by Gasteiger charge is -2.18. The number of aryl methyl sites for hydroxylation is 2. The number of hydrogen-bond acceptors (Lipinski definition) is 5. The molecule has 2 aromatic carbocycles. The van der Waals surface area contributed by atoms with Crippen LogP contribution >= 0.6 is 11.3 Å². The maximum atomic E-state index is 13.1. The first kappa shape index (κ1) is 21.3. The SMILES string of the molecule is Cc1ccc(N2CC(C(=O)Nc3cccc(-c4nc5cccnc5s4)c3C)CC2=O)cc1C. The highest BCUT2D eigenvalue weighted by Crippen LogP contribution is 2.34. The molecule has 1 aliphatic heterocycles. The molecule has 1 fully saturated rings. The van der Waals surface area contributed by atoms with Gasteiger partial charge in [0.15, 0.2) is 0 Å². The third kappa shape index (κ3) is 4.00. The number of aromatic nitrogens is 2. The molecule has 1 atom stereocenters. The molecule has 0 aliphatic carbocycles. The number of hydrogen-bond donors (Lipinski definition) is 1. The zero-order valence-corrected chi connectivity index (χ0v) is 19.6. The Bertz CT molecular complexity index is 1360. The molecule has 4 aromatic rings. The van der Waals surface area contributed by atoms with E-state index in [4.69, 9.17) is 4.98 Å². The molecule has 3 heterocycles. The Morgan fingerprint density at radius 2 is 1.94 bits per heavy atom. The van der Waals surface area contributed by atoms with Crippen LogP contribution in [0.5, 0.6) is 0 Å². The van der Waals surface area contributed by atoms with E-state index >= 15 is 0 Å². The highest BCUT2D eigenvalue weighted by atomic mass is 32.1. The van der Waals surface area contributed by atoms with Crippen LogP contribution in [0.25, 0.3) is 20.9 Å². The van der Waals surface area contributed by atoms with Gasteiger partial charge in [-0.05, 0) is 67.8 Å². The van der Waals surface area contributed by atoms with E-state index in [1.54, 1.807) is 11.1 Å². The van der Waals surface area contributed by atoms with Gasteiger partial charge in [0.25, 0.3) is 0 Å². The van der Waals surface area contributed by atoms with E-state index in [1.807, 2.05) is 69.3 Å². The number of anilines is 2. The lowest BCUT2D eigenvalue weighted by Crippen LogP contribution is -2.28. The number of carbonyl (C=O) groups is 2. The van der Waals surface area contributed by atoms with Crippen LogP contribution in [-0.2, 0) is 9.59 Å². The van der Waals surface area contributed by atoms with Crippen molar-refractivity contribution >= 4 is 44.9 Å². The molecule has 7 heteroatoms. The monoisotopic (exact) mass is 456 g/mol. The highest BCUT2D eigenvalue weighted by Gasteiger charge is 2.35. The van der Waals surface area contributed by atoms with E-state index in [2.05, 4.69) is 10.3 Å². The maximum Gasteiger partial charge on any atom is 0.229 e. The van der Waals surface area contributed by atoms with E-state index in [0.717, 1.165) is 43.4 Å². The molecular formula is C26H24N4O2S. The van der Waals surface area contributed by atoms with E-state index in [-0.39, 0.29) is 18.2 Å². The Morgan fingerprint density at radius 3 is 2.73 bits per heavy atom. The van der Waals surface area contributed by atoms with Crippen molar-refractivity contribution in [2.45, 2.75) is 27.2 Å². The summed E-state index contributed by atoms with van der Waals surface area (Å²) < 4.78 is 0. The van der Waals surface area contributed by atoms with Crippen LogP contribution in [0.3, 0.4) is 0 Å². The largest absolute Gasteiger partial charge is 0.326 e. The summed E-state index contributed by atoms with van der Waals surface area (Å²) in [4.78, 5) is 37.4. The summed E-state index contributed by atoms with van der Waals surface area (Å²) in [5, 5.41) is 3.92. The topological polar surface area (TPSA) is 75.2 Å². The second kappa shape index (κ2) is 8.41. The first-order valence-corrected chi connectivity index (χ1v) is 11.7. The second-order valence-corrected chi connectivity index (χ2v) is 9.47.